The average molecular weight is 351 g/mol. The Bertz CT molecular complexity index is 826. The lowest BCUT2D eigenvalue weighted by Gasteiger charge is -2.22. The summed E-state index contributed by atoms with van der Waals surface area (Å²) in [5, 5.41) is 0. The van der Waals surface area contributed by atoms with E-state index in [0.717, 1.165) is 29.0 Å². The molecule has 1 unspecified atom stereocenters. The van der Waals surface area contributed by atoms with Gasteiger partial charge in [-0.1, -0.05) is 30.3 Å². The Balaban J connectivity index is 1.55. The number of benzene rings is 2. The Hall–Kier alpha value is -3.08. The molecule has 0 spiro atoms. The first-order valence-electron chi connectivity index (χ1n) is 8.47. The molecule has 134 valence electrons. The first-order valence-corrected chi connectivity index (χ1v) is 8.47. The molecule has 1 amide bonds. The first kappa shape index (κ1) is 17.7. The number of para-hydroxylation sites is 1. The van der Waals surface area contributed by atoms with E-state index >= 15 is 0 Å². The number of hydrogen-bond acceptors (Lipinski definition) is 4. The maximum absolute atomic E-state index is 12.5. The lowest BCUT2D eigenvalue weighted by Crippen LogP contribution is -2.38. The topological polar surface area (TPSA) is 55.8 Å². The van der Waals surface area contributed by atoms with Crippen molar-refractivity contribution in [1.82, 2.24) is 0 Å². The standard InChI is InChI=1S/C21H21NO4/c1-15-13-17-5-3-4-6-19(17)22(15)20(23)14-26-21(24)12-9-16-7-10-18(25-2)11-8-16/h3-12,15H,13-14H2,1-2H3/b12-9+. The molecule has 0 fully saturated rings. The van der Waals surface area contributed by atoms with Crippen LogP contribution in [0.15, 0.2) is 54.6 Å². The molecule has 2 aromatic carbocycles. The van der Waals surface area contributed by atoms with Gasteiger partial charge in [0.25, 0.3) is 5.91 Å². The van der Waals surface area contributed by atoms with E-state index in [1.807, 2.05) is 43.3 Å². The molecule has 3 rings (SSSR count). The number of carbonyl (C=O) groups is 2. The minimum atomic E-state index is -0.547. The Kier molecular flexibility index (Phi) is 5.37. The first-order chi connectivity index (χ1) is 12.6. The smallest absolute Gasteiger partial charge is 0.331 e. The van der Waals surface area contributed by atoms with Crippen molar-refractivity contribution in [3.8, 4) is 5.75 Å². The van der Waals surface area contributed by atoms with Crippen molar-refractivity contribution in [1.29, 1.82) is 0 Å². The van der Waals surface area contributed by atoms with Gasteiger partial charge in [0.05, 0.1) is 7.11 Å². The highest BCUT2D eigenvalue weighted by Crippen LogP contribution is 2.31. The molecule has 26 heavy (non-hydrogen) atoms. The predicted octanol–water partition coefficient (Wildman–Crippen LogP) is 3.23. The second-order valence-corrected chi connectivity index (χ2v) is 6.16. The highest BCUT2D eigenvalue weighted by molar-refractivity contribution is 5.98. The van der Waals surface area contributed by atoms with Crippen molar-refractivity contribution in [2.24, 2.45) is 0 Å². The molecule has 1 heterocycles. The van der Waals surface area contributed by atoms with E-state index in [-0.39, 0.29) is 18.6 Å². The van der Waals surface area contributed by atoms with E-state index < -0.39 is 5.97 Å². The third-order valence-electron chi connectivity index (χ3n) is 4.34. The number of methoxy groups -OCH3 is 1. The summed E-state index contributed by atoms with van der Waals surface area (Å²) in [7, 11) is 1.60. The number of esters is 1. The lowest BCUT2D eigenvalue weighted by atomic mass is 10.1. The zero-order valence-electron chi connectivity index (χ0n) is 14.8. The van der Waals surface area contributed by atoms with Crippen molar-refractivity contribution in [2.45, 2.75) is 19.4 Å². The van der Waals surface area contributed by atoms with Gasteiger partial charge < -0.3 is 14.4 Å². The third-order valence-corrected chi connectivity index (χ3v) is 4.34. The minimum absolute atomic E-state index is 0.0634. The van der Waals surface area contributed by atoms with Gasteiger partial charge in [-0.25, -0.2) is 4.79 Å². The summed E-state index contributed by atoms with van der Waals surface area (Å²) in [4.78, 5) is 26.1. The number of amides is 1. The average Bonchev–Trinajstić information content (AvgIpc) is 3.00. The van der Waals surface area contributed by atoms with E-state index in [1.54, 1.807) is 30.2 Å². The van der Waals surface area contributed by atoms with Crippen LogP contribution < -0.4 is 9.64 Å². The Morgan fingerprint density at radius 1 is 1.15 bits per heavy atom. The van der Waals surface area contributed by atoms with Crippen molar-refractivity contribution < 1.29 is 19.1 Å². The molecule has 0 N–H and O–H groups in total. The summed E-state index contributed by atoms with van der Waals surface area (Å²) < 4.78 is 10.2. The fraction of sp³-hybridized carbons (Fsp3) is 0.238. The molecule has 5 nitrogen and oxygen atoms in total. The summed E-state index contributed by atoms with van der Waals surface area (Å²) in [6.07, 6.45) is 3.77. The van der Waals surface area contributed by atoms with Crippen LogP contribution in [0.4, 0.5) is 5.69 Å². The maximum atomic E-state index is 12.5. The van der Waals surface area contributed by atoms with Gasteiger partial charge in [-0.3, -0.25) is 4.79 Å². The molecular weight excluding hydrogens is 330 g/mol. The number of anilines is 1. The normalized spacial score (nSPS) is 15.8. The van der Waals surface area contributed by atoms with E-state index in [9.17, 15) is 9.59 Å². The molecule has 0 aromatic heterocycles. The molecule has 0 aliphatic carbocycles. The van der Waals surface area contributed by atoms with Gasteiger partial charge in [0.15, 0.2) is 6.61 Å². The van der Waals surface area contributed by atoms with Gasteiger partial charge in [-0.05, 0) is 48.7 Å². The molecule has 0 saturated carbocycles. The van der Waals surface area contributed by atoms with Gasteiger partial charge in [0, 0.05) is 17.8 Å². The van der Waals surface area contributed by atoms with Gasteiger partial charge in [0.2, 0.25) is 0 Å². The van der Waals surface area contributed by atoms with Crippen LogP contribution in [0.25, 0.3) is 6.08 Å². The second-order valence-electron chi connectivity index (χ2n) is 6.16. The molecule has 1 atom stereocenters. The number of ether oxygens (including phenoxy) is 2. The van der Waals surface area contributed by atoms with Crippen LogP contribution in [0.5, 0.6) is 5.75 Å². The zero-order valence-corrected chi connectivity index (χ0v) is 14.8. The summed E-state index contributed by atoms with van der Waals surface area (Å²) in [5.41, 5.74) is 2.88. The van der Waals surface area contributed by atoms with Crippen LogP contribution in [0.1, 0.15) is 18.1 Å². The molecule has 5 heteroatoms. The number of carbonyl (C=O) groups excluding carboxylic acids is 2. The van der Waals surface area contributed by atoms with Crippen LogP contribution in [-0.2, 0) is 20.7 Å². The predicted molar refractivity (Wildman–Crippen MR) is 100 cm³/mol. The molecule has 1 aliphatic rings. The van der Waals surface area contributed by atoms with Crippen molar-refractivity contribution in [3.05, 3.63) is 65.7 Å². The Morgan fingerprint density at radius 3 is 2.62 bits per heavy atom. The molecule has 0 saturated heterocycles. The Labute approximate surface area is 152 Å². The van der Waals surface area contributed by atoms with E-state index in [0.29, 0.717) is 0 Å². The largest absolute Gasteiger partial charge is 0.497 e. The SMILES string of the molecule is COc1ccc(/C=C/C(=O)OCC(=O)N2c3ccccc3CC2C)cc1. The van der Waals surface area contributed by atoms with E-state index in [1.165, 1.54) is 6.08 Å². The quantitative estimate of drug-likeness (QED) is 0.613. The van der Waals surface area contributed by atoms with Crippen LogP contribution in [0.3, 0.4) is 0 Å². The zero-order chi connectivity index (χ0) is 18.5. The number of nitrogens with zero attached hydrogens (tertiary/aromatic N) is 1. The van der Waals surface area contributed by atoms with Crippen LogP contribution >= 0.6 is 0 Å². The highest BCUT2D eigenvalue weighted by atomic mass is 16.5. The third kappa shape index (κ3) is 3.94. The van der Waals surface area contributed by atoms with Crippen LogP contribution in [0.2, 0.25) is 0 Å². The van der Waals surface area contributed by atoms with Crippen molar-refractivity contribution in [3.63, 3.8) is 0 Å². The fourth-order valence-electron chi connectivity index (χ4n) is 3.08. The second kappa shape index (κ2) is 7.87. The fourth-order valence-corrected chi connectivity index (χ4v) is 3.08. The molecular formula is C21H21NO4. The monoisotopic (exact) mass is 351 g/mol. The summed E-state index contributed by atoms with van der Waals surface area (Å²) in [6.45, 7) is 1.72. The summed E-state index contributed by atoms with van der Waals surface area (Å²) in [5.74, 6) is -0.0155. The van der Waals surface area contributed by atoms with Gasteiger partial charge >= 0.3 is 5.97 Å². The summed E-state index contributed by atoms with van der Waals surface area (Å²) in [6, 6.07) is 15.1. The number of rotatable bonds is 5. The lowest BCUT2D eigenvalue weighted by molar-refractivity contribution is -0.143. The molecule has 2 aromatic rings. The maximum Gasteiger partial charge on any atom is 0.331 e. The van der Waals surface area contributed by atoms with Gasteiger partial charge in [-0.2, -0.15) is 0 Å². The highest BCUT2D eigenvalue weighted by Gasteiger charge is 2.30. The number of fused-ring (bicyclic) bond motifs is 1. The van der Waals surface area contributed by atoms with E-state index in [4.69, 9.17) is 9.47 Å². The summed E-state index contributed by atoms with van der Waals surface area (Å²) >= 11 is 0. The van der Waals surface area contributed by atoms with Gasteiger partial charge in [0.1, 0.15) is 5.75 Å². The van der Waals surface area contributed by atoms with Crippen LogP contribution in [-0.4, -0.2) is 31.6 Å². The molecule has 0 radical (unpaired) electrons. The molecule has 1 aliphatic heterocycles. The van der Waals surface area contributed by atoms with Crippen molar-refractivity contribution >= 4 is 23.6 Å². The van der Waals surface area contributed by atoms with Crippen LogP contribution in [0, 0.1) is 0 Å². The molecule has 0 bridgehead atoms. The van der Waals surface area contributed by atoms with E-state index in [2.05, 4.69) is 0 Å². The number of hydrogen-bond donors (Lipinski definition) is 0. The van der Waals surface area contributed by atoms with Crippen molar-refractivity contribution in [2.75, 3.05) is 18.6 Å². The van der Waals surface area contributed by atoms with Gasteiger partial charge in [-0.15, -0.1) is 0 Å². The Morgan fingerprint density at radius 2 is 1.88 bits per heavy atom. The minimum Gasteiger partial charge on any atom is -0.497 e.